The van der Waals surface area contributed by atoms with Gasteiger partial charge in [0.1, 0.15) is 11.4 Å². The Kier molecular flexibility index (Phi) is 6.45. The number of methoxy groups -OCH3 is 1. The summed E-state index contributed by atoms with van der Waals surface area (Å²) >= 11 is 3.41. The van der Waals surface area contributed by atoms with Gasteiger partial charge in [0.05, 0.1) is 12.3 Å². The molecule has 1 aromatic heterocycles. The summed E-state index contributed by atoms with van der Waals surface area (Å²) in [5.74, 6) is -0.732. The predicted molar refractivity (Wildman–Crippen MR) is 95.3 cm³/mol. The van der Waals surface area contributed by atoms with Crippen molar-refractivity contribution >= 4 is 33.4 Å². The first-order chi connectivity index (χ1) is 11.5. The first-order valence-electron chi connectivity index (χ1n) is 7.33. The lowest BCUT2D eigenvalue weighted by Gasteiger charge is -2.09. The zero-order valence-electron chi connectivity index (χ0n) is 13.4. The van der Waals surface area contributed by atoms with E-state index < -0.39 is 0 Å². The van der Waals surface area contributed by atoms with Crippen LogP contribution in [-0.4, -0.2) is 37.1 Å². The molecule has 2 amide bonds. The Morgan fingerprint density at radius 1 is 1.17 bits per heavy atom. The molecule has 2 aromatic rings. The van der Waals surface area contributed by atoms with Crippen LogP contribution in [0.2, 0.25) is 0 Å². The van der Waals surface area contributed by atoms with Gasteiger partial charge in [-0.1, -0.05) is 12.1 Å². The molecule has 0 spiro atoms. The van der Waals surface area contributed by atoms with Crippen LogP contribution in [0.25, 0.3) is 0 Å². The molecule has 0 atom stereocenters. The van der Waals surface area contributed by atoms with Gasteiger partial charge < -0.3 is 15.4 Å². The van der Waals surface area contributed by atoms with E-state index in [1.54, 1.807) is 31.4 Å². The zero-order valence-corrected chi connectivity index (χ0v) is 15.0. The average Bonchev–Trinajstić information content (AvgIpc) is 2.57. The highest BCUT2D eigenvalue weighted by Crippen LogP contribution is 2.23. The van der Waals surface area contributed by atoms with Crippen molar-refractivity contribution in [2.75, 3.05) is 25.6 Å². The molecule has 0 radical (unpaired) electrons. The van der Waals surface area contributed by atoms with Crippen LogP contribution in [0, 0.1) is 6.92 Å². The van der Waals surface area contributed by atoms with Gasteiger partial charge in [-0.25, -0.2) is 4.98 Å². The maximum Gasteiger partial charge on any atom is 0.274 e. The van der Waals surface area contributed by atoms with E-state index in [-0.39, 0.29) is 23.2 Å². The van der Waals surface area contributed by atoms with Gasteiger partial charge in [0, 0.05) is 18.1 Å². The number of carbonyl (C=O) groups excluding carboxylic acids is 2. The fraction of sp³-hybridized carbons (Fsp3) is 0.235. The number of carbonyl (C=O) groups is 2. The number of nitrogens with one attached hydrogen (secondary N) is 2. The number of amides is 2. The van der Waals surface area contributed by atoms with E-state index in [4.69, 9.17) is 4.74 Å². The lowest BCUT2D eigenvalue weighted by Crippen LogP contribution is -2.28. The fourth-order valence-electron chi connectivity index (χ4n) is 1.95. The first kappa shape index (κ1) is 18.1. The monoisotopic (exact) mass is 391 g/mol. The summed E-state index contributed by atoms with van der Waals surface area (Å²) in [5, 5.41) is 5.44. The van der Waals surface area contributed by atoms with Crippen LogP contribution < -0.4 is 10.6 Å². The van der Waals surface area contributed by atoms with Crippen LogP contribution in [0.1, 0.15) is 26.5 Å². The summed E-state index contributed by atoms with van der Waals surface area (Å²) in [5.41, 5.74) is 2.07. The Morgan fingerprint density at radius 3 is 2.54 bits per heavy atom. The Labute approximate surface area is 148 Å². The van der Waals surface area contributed by atoms with E-state index in [1.807, 2.05) is 19.1 Å². The molecule has 2 rings (SSSR count). The molecule has 0 aliphatic heterocycles. The molecule has 0 fully saturated rings. The van der Waals surface area contributed by atoms with Crippen molar-refractivity contribution in [3.63, 3.8) is 0 Å². The van der Waals surface area contributed by atoms with E-state index in [9.17, 15) is 9.59 Å². The number of pyridine rings is 1. The average molecular weight is 392 g/mol. The van der Waals surface area contributed by atoms with Crippen LogP contribution in [0.5, 0.6) is 0 Å². The van der Waals surface area contributed by atoms with Crippen molar-refractivity contribution in [1.29, 1.82) is 0 Å². The quantitative estimate of drug-likeness (QED) is 0.741. The highest BCUT2D eigenvalue weighted by molar-refractivity contribution is 9.10. The van der Waals surface area contributed by atoms with Gasteiger partial charge in [-0.05, 0) is 52.7 Å². The Bertz CT molecular complexity index is 750. The number of anilines is 1. The minimum absolute atomic E-state index is 0.168. The maximum absolute atomic E-state index is 12.3. The van der Waals surface area contributed by atoms with Gasteiger partial charge in [0.2, 0.25) is 0 Å². The lowest BCUT2D eigenvalue weighted by atomic mass is 10.2. The molecule has 6 nitrogen and oxygen atoms in total. The number of aromatic nitrogens is 1. The predicted octanol–water partition coefficient (Wildman–Crippen LogP) is 2.78. The van der Waals surface area contributed by atoms with Crippen LogP contribution in [0.3, 0.4) is 0 Å². The van der Waals surface area contributed by atoms with E-state index in [0.29, 0.717) is 18.8 Å². The topological polar surface area (TPSA) is 80.3 Å². The third kappa shape index (κ3) is 4.87. The third-order valence-corrected chi connectivity index (χ3v) is 3.83. The van der Waals surface area contributed by atoms with Crippen LogP contribution >= 0.6 is 15.9 Å². The van der Waals surface area contributed by atoms with Crippen molar-refractivity contribution in [2.45, 2.75) is 6.92 Å². The molecule has 0 saturated carbocycles. The summed E-state index contributed by atoms with van der Waals surface area (Å²) < 4.78 is 5.65. The van der Waals surface area contributed by atoms with Crippen LogP contribution in [0.4, 0.5) is 5.69 Å². The Balaban J connectivity index is 2.09. The van der Waals surface area contributed by atoms with Gasteiger partial charge in [-0.2, -0.15) is 0 Å². The Hall–Kier alpha value is -2.25. The standard InChI is InChI=1S/C17H18BrN3O3/c1-11-6-7-13(12(18)10-11)21-17(23)15-5-3-4-14(20-15)16(22)19-8-9-24-2/h3-7,10H,8-9H2,1-2H3,(H,19,22)(H,21,23). The number of halogens is 1. The van der Waals surface area contributed by atoms with Crippen molar-refractivity contribution in [1.82, 2.24) is 10.3 Å². The highest BCUT2D eigenvalue weighted by atomic mass is 79.9. The van der Waals surface area contributed by atoms with Gasteiger partial charge in [-0.3, -0.25) is 9.59 Å². The molecule has 0 bridgehead atoms. The molecule has 1 aromatic carbocycles. The molecule has 2 N–H and O–H groups in total. The lowest BCUT2D eigenvalue weighted by molar-refractivity contribution is 0.0932. The fourth-order valence-corrected chi connectivity index (χ4v) is 2.55. The summed E-state index contributed by atoms with van der Waals surface area (Å²) in [6, 6.07) is 10.3. The van der Waals surface area contributed by atoms with Crippen molar-refractivity contribution < 1.29 is 14.3 Å². The highest BCUT2D eigenvalue weighted by Gasteiger charge is 2.13. The second-order valence-corrected chi connectivity index (χ2v) is 5.95. The number of aryl methyl sites for hydroxylation is 1. The summed E-state index contributed by atoms with van der Waals surface area (Å²) in [4.78, 5) is 28.4. The second-order valence-electron chi connectivity index (χ2n) is 5.09. The van der Waals surface area contributed by atoms with E-state index in [2.05, 4.69) is 31.5 Å². The second kappa shape index (κ2) is 8.56. The molecule has 0 unspecified atom stereocenters. The number of hydrogen-bond donors (Lipinski definition) is 2. The Morgan fingerprint density at radius 2 is 1.88 bits per heavy atom. The van der Waals surface area contributed by atoms with Crippen LogP contribution in [-0.2, 0) is 4.74 Å². The molecule has 0 aliphatic carbocycles. The molecule has 0 aliphatic rings. The van der Waals surface area contributed by atoms with Crippen LogP contribution in [0.15, 0.2) is 40.9 Å². The number of rotatable bonds is 6. The van der Waals surface area contributed by atoms with E-state index >= 15 is 0 Å². The van der Waals surface area contributed by atoms with Gasteiger partial charge >= 0.3 is 0 Å². The zero-order chi connectivity index (χ0) is 17.5. The number of ether oxygens (including phenoxy) is 1. The molecular weight excluding hydrogens is 374 g/mol. The summed E-state index contributed by atoms with van der Waals surface area (Å²) in [6.45, 7) is 2.75. The minimum atomic E-state index is -0.383. The van der Waals surface area contributed by atoms with Gasteiger partial charge in [0.25, 0.3) is 11.8 Å². The third-order valence-electron chi connectivity index (χ3n) is 3.18. The molecule has 0 saturated heterocycles. The van der Waals surface area contributed by atoms with Crippen molar-refractivity contribution in [2.24, 2.45) is 0 Å². The van der Waals surface area contributed by atoms with Gasteiger partial charge in [0.15, 0.2) is 0 Å². The van der Waals surface area contributed by atoms with Crippen molar-refractivity contribution in [3.05, 3.63) is 57.8 Å². The number of hydrogen-bond acceptors (Lipinski definition) is 4. The molecule has 7 heteroatoms. The molecule has 1 heterocycles. The molecular formula is C17H18BrN3O3. The largest absolute Gasteiger partial charge is 0.383 e. The molecule has 126 valence electrons. The van der Waals surface area contributed by atoms with E-state index in [0.717, 1.165) is 10.0 Å². The normalized spacial score (nSPS) is 10.3. The summed E-state index contributed by atoms with van der Waals surface area (Å²) in [6.07, 6.45) is 0. The maximum atomic E-state index is 12.3. The van der Waals surface area contributed by atoms with Crippen molar-refractivity contribution in [3.8, 4) is 0 Å². The minimum Gasteiger partial charge on any atom is -0.383 e. The number of benzene rings is 1. The summed E-state index contributed by atoms with van der Waals surface area (Å²) in [7, 11) is 1.55. The van der Waals surface area contributed by atoms with E-state index in [1.165, 1.54) is 0 Å². The SMILES string of the molecule is COCCNC(=O)c1cccc(C(=O)Nc2ccc(C)cc2Br)n1. The number of nitrogens with zero attached hydrogens (tertiary/aromatic N) is 1. The molecule has 24 heavy (non-hydrogen) atoms. The first-order valence-corrected chi connectivity index (χ1v) is 8.12. The van der Waals surface area contributed by atoms with Gasteiger partial charge in [-0.15, -0.1) is 0 Å². The smallest absolute Gasteiger partial charge is 0.274 e.